The van der Waals surface area contributed by atoms with E-state index >= 15 is 0 Å². The predicted octanol–water partition coefficient (Wildman–Crippen LogP) is 3.30. The zero-order valence-corrected chi connectivity index (χ0v) is 14.2. The van der Waals surface area contributed by atoms with Crippen LogP contribution in [0.1, 0.15) is 12.0 Å². The maximum absolute atomic E-state index is 10.4. The standard InChI is InChI=1S/C19H20N2O2S/c20-12-15-6-8-17(9-7-15)23-14-16(22)13-21-10-3-11-24-19-5-2-1-4-18(19)21/h1-2,4-9,16,22H,3,10-11,13-14H2/t16-/m1/s1. The molecule has 0 saturated heterocycles. The highest BCUT2D eigenvalue weighted by molar-refractivity contribution is 7.99. The summed E-state index contributed by atoms with van der Waals surface area (Å²) in [5.74, 6) is 1.77. The lowest BCUT2D eigenvalue weighted by Crippen LogP contribution is -2.36. The largest absolute Gasteiger partial charge is 0.491 e. The van der Waals surface area contributed by atoms with Crippen molar-refractivity contribution in [2.75, 3.05) is 30.3 Å². The van der Waals surface area contributed by atoms with Gasteiger partial charge in [0.2, 0.25) is 0 Å². The zero-order valence-electron chi connectivity index (χ0n) is 13.4. The van der Waals surface area contributed by atoms with Crippen LogP contribution in [0.15, 0.2) is 53.4 Å². The van der Waals surface area contributed by atoms with Gasteiger partial charge in [-0.25, -0.2) is 0 Å². The van der Waals surface area contributed by atoms with E-state index in [-0.39, 0.29) is 6.61 Å². The molecule has 4 nitrogen and oxygen atoms in total. The van der Waals surface area contributed by atoms with Crippen molar-refractivity contribution in [2.45, 2.75) is 17.4 Å². The average Bonchev–Trinajstić information content (AvgIpc) is 2.83. The topological polar surface area (TPSA) is 56.5 Å². The summed E-state index contributed by atoms with van der Waals surface area (Å²) in [4.78, 5) is 3.51. The highest BCUT2D eigenvalue weighted by atomic mass is 32.2. The molecule has 1 aliphatic heterocycles. The van der Waals surface area contributed by atoms with Crippen LogP contribution in [0.3, 0.4) is 0 Å². The minimum absolute atomic E-state index is 0.234. The van der Waals surface area contributed by atoms with Crippen LogP contribution >= 0.6 is 11.8 Å². The summed E-state index contributed by atoms with van der Waals surface area (Å²) in [5, 5.41) is 19.1. The van der Waals surface area contributed by atoms with Crippen LogP contribution in [0, 0.1) is 11.3 Å². The van der Waals surface area contributed by atoms with Crippen molar-refractivity contribution < 1.29 is 9.84 Å². The van der Waals surface area contributed by atoms with Crippen LogP contribution in [0.5, 0.6) is 5.75 Å². The van der Waals surface area contributed by atoms with E-state index in [2.05, 4.69) is 29.2 Å². The van der Waals surface area contributed by atoms with Gasteiger partial charge >= 0.3 is 0 Å². The summed E-state index contributed by atoms with van der Waals surface area (Å²) < 4.78 is 5.64. The molecule has 1 atom stereocenters. The lowest BCUT2D eigenvalue weighted by molar-refractivity contribution is 0.112. The Kier molecular flexibility index (Phi) is 5.63. The van der Waals surface area contributed by atoms with Gasteiger partial charge in [0, 0.05) is 18.0 Å². The first kappa shape index (κ1) is 16.7. The Morgan fingerprint density at radius 3 is 2.79 bits per heavy atom. The van der Waals surface area contributed by atoms with Crippen molar-refractivity contribution in [3.8, 4) is 11.8 Å². The van der Waals surface area contributed by atoms with Crippen LogP contribution in [0.4, 0.5) is 5.69 Å². The van der Waals surface area contributed by atoms with Crippen molar-refractivity contribution >= 4 is 17.4 Å². The first-order valence-electron chi connectivity index (χ1n) is 8.04. The number of fused-ring (bicyclic) bond motifs is 1. The van der Waals surface area contributed by atoms with Crippen LogP contribution in [-0.2, 0) is 0 Å². The van der Waals surface area contributed by atoms with Gasteiger partial charge in [-0.1, -0.05) is 12.1 Å². The van der Waals surface area contributed by atoms with E-state index in [1.54, 1.807) is 24.3 Å². The molecule has 0 unspecified atom stereocenters. The number of β-amino-alcohol motifs (C(OH)–C–C–N with tert-alkyl or cyclic N) is 1. The molecule has 1 aliphatic rings. The predicted molar refractivity (Wildman–Crippen MR) is 96.7 cm³/mol. The summed E-state index contributed by atoms with van der Waals surface area (Å²) in [6.07, 6.45) is 0.527. The molecule has 0 bridgehead atoms. The molecule has 0 amide bonds. The molecule has 5 heteroatoms. The lowest BCUT2D eigenvalue weighted by atomic mass is 10.2. The molecule has 1 N–H and O–H groups in total. The number of rotatable bonds is 5. The number of aliphatic hydroxyl groups excluding tert-OH is 1. The first-order valence-corrected chi connectivity index (χ1v) is 9.02. The van der Waals surface area contributed by atoms with E-state index in [1.165, 1.54) is 10.6 Å². The summed E-state index contributed by atoms with van der Waals surface area (Å²) in [7, 11) is 0. The van der Waals surface area contributed by atoms with Gasteiger partial charge in [0.05, 0.1) is 17.3 Å². The van der Waals surface area contributed by atoms with Gasteiger partial charge in [0.25, 0.3) is 0 Å². The maximum Gasteiger partial charge on any atom is 0.119 e. The van der Waals surface area contributed by atoms with Gasteiger partial charge in [0.15, 0.2) is 0 Å². The van der Waals surface area contributed by atoms with Crippen molar-refractivity contribution in [1.29, 1.82) is 5.26 Å². The molecule has 0 radical (unpaired) electrons. The Bertz CT molecular complexity index is 712. The summed E-state index contributed by atoms with van der Waals surface area (Å²) in [6.45, 7) is 1.73. The molecular formula is C19H20N2O2S. The van der Waals surface area contributed by atoms with Crippen molar-refractivity contribution in [2.24, 2.45) is 0 Å². The fourth-order valence-electron chi connectivity index (χ4n) is 2.71. The zero-order chi connectivity index (χ0) is 16.8. The molecule has 0 fully saturated rings. The second-order valence-electron chi connectivity index (χ2n) is 5.72. The number of aliphatic hydroxyl groups is 1. The number of benzene rings is 2. The van der Waals surface area contributed by atoms with Crippen molar-refractivity contribution in [3.05, 3.63) is 54.1 Å². The third kappa shape index (κ3) is 4.22. The molecule has 2 aromatic carbocycles. The van der Waals surface area contributed by atoms with E-state index in [4.69, 9.17) is 10.00 Å². The Labute approximate surface area is 146 Å². The fourth-order valence-corrected chi connectivity index (χ4v) is 3.73. The second-order valence-corrected chi connectivity index (χ2v) is 6.85. The Hall–Kier alpha value is -2.16. The summed E-state index contributed by atoms with van der Waals surface area (Å²) in [5.41, 5.74) is 1.79. The quantitative estimate of drug-likeness (QED) is 0.905. The third-order valence-corrected chi connectivity index (χ3v) is 5.04. The van der Waals surface area contributed by atoms with Gasteiger partial charge in [-0.05, 0) is 48.6 Å². The number of para-hydroxylation sites is 1. The maximum atomic E-state index is 10.4. The lowest BCUT2D eigenvalue weighted by Gasteiger charge is -2.27. The number of ether oxygens (including phenoxy) is 1. The number of thioether (sulfide) groups is 1. The van der Waals surface area contributed by atoms with E-state index in [9.17, 15) is 5.11 Å². The summed E-state index contributed by atoms with van der Waals surface area (Å²) >= 11 is 1.87. The number of hydrogen-bond donors (Lipinski definition) is 1. The minimum atomic E-state index is -0.572. The second kappa shape index (κ2) is 8.09. The van der Waals surface area contributed by atoms with Gasteiger partial charge in [0.1, 0.15) is 18.5 Å². The molecule has 0 saturated carbocycles. The highest BCUT2D eigenvalue weighted by Gasteiger charge is 2.18. The molecule has 0 aliphatic carbocycles. The molecule has 2 aromatic rings. The number of anilines is 1. The van der Waals surface area contributed by atoms with E-state index in [0.717, 1.165) is 18.7 Å². The number of nitriles is 1. The van der Waals surface area contributed by atoms with Gasteiger partial charge in [-0.2, -0.15) is 5.26 Å². The Balaban J connectivity index is 1.58. The monoisotopic (exact) mass is 340 g/mol. The van der Waals surface area contributed by atoms with Crippen LogP contribution in [0.2, 0.25) is 0 Å². The highest BCUT2D eigenvalue weighted by Crippen LogP contribution is 2.33. The van der Waals surface area contributed by atoms with Crippen LogP contribution in [-0.4, -0.2) is 36.7 Å². The fraction of sp³-hybridized carbons (Fsp3) is 0.316. The van der Waals surface area contributed by atoms with E-state index < -0.39 is 6.10 Å². The van der Waals surface area contributed by atoms with E-state index in [0.29, 0.717) is 17.9 Å². The SMILES string of the molecule is N#Cc1ccc(OC[C@H](O)CN2CCCSc3ccccc32)cc1. The molecule has 0 spiro atoms. The Morgan fingerprint density at radius 2 is 2.00 bits per heavy atom. The smallest absolute Gasteiger partial charge is 0.119 e. The summed E-state index contributed by atoms with van der Waals surface area (Å²) in [6, 6.07) is 17.3. The third-order valence-electron chi connectivity index (χ3n) is 3.89. The van der Waals surface area contributed by atoms with Gasteiger partial charge < -0.3 is 14.7 Å². The van der Waals surface area contributed by atoms with Crippen molar-refractivity contribution in [1.82, 2.24) is 0 Å². The molecular weight excluding hydrogens is 320 g/mol. The normalized spacial score (nSPS) is 15.1. The van der Waals surface area contributed by atoms with Crippen LogP contribution in [0.25, 0.3) is 0 Å². The Morgan fingerprint density at radius 1 is 1.21 bits per heavy atom. The van der Waals surface area contributed by atoms with E-state index in [1.807, 2.05) is 17.8 Å². The number of nitrogens with zero attached hydrogens (tertiary/aromatic N) is 2. The average molecular weight is 340 g/mol. The van der Waals surface area contributed by atoms with Gasteiger partial charge in [-0.15, -0.1) is 11.8 Å². The van der Waals surface area contributed by atoms with Crippen molar-refractivity contribution in [3.63, 3.8) is 0 Å². The molecule has 124 valence electrons. The van der Waals surface area contributed by atoms with Crippen LogP contribution < -0.4 is 9.64 Å². The van der Waals surface area contributed by atoms with Gasteiger partial charge in [-0.3, -0.25) is 0 Å². The molecule has 1 heterocycles. The molecule has 24 heavy (non-hydrogen) atoms. The number of hydrogen-bond acceptors (Lipinski definition) is 5. The minimum Gasteiger partial charge on any atom is -0.491 e. The first-order chi connectivity index (χ1) is 11.8. The molecule has 0 aromatic heterocycles. The molecule has 3 rings (SSSR count).